The monoisotopic (exact) mass is 1310 g/mol. The zero-order chi connectivity index (χ0) is 70.0. The maximum absolute atomic E-state index is 12.5. The lowest BCUT2D eigenvalue weighted by molar-refractivity contribution is -0.225. The quantitative estimate of drug-likeness (QED) is 0.0562. The lowest BCUT2D eigenvalue weighted by Gasteiger charge is -2.59. The third-order valence-electron chi connectivity index (χ3n) is 22.5. The second-order valence-electron chi connectivity index (χ2n) is 33.8. The summed E-state index contributed by atoms with van der Waals surface area (Å²) in [7, 11) is 0. The van der Waals surface area contributed by atoms with Crippen LogP contribution in [0.1, 0.15) is 313 Å². The molecular formula is C83H134O11. The number of carbonyl (C=O) groups excluding carboxylic acids is 3. The Morgan fingerprint density at radius 3 is 1.62 bits per heavy atom. The fourth-order valence-corrected chi connectivity index (χ4v) is 14.8. The Morgan fingerprint density at radius 2 is 1.13 bits per heavy atom. The molecule has 3 N–H and O–H groups in total. The van der Waals surface area contributed by atoms with Crippen molar-refractivity contribution in [3.63, 3.8) is 0 Å². The maximum Gasteiger partial charge on any atom is 0.313 e. The van der Waals surface area contributed by atoms with Gasteiger partial charge >= 0.3 is 17.9 Å². The molecule has 11 heteroatoms. The zero-order valence-electron chi connectivity index (χ0n) is 62.8. The number of fused-ring (bicyclic) bond motifs is 3. The molecule has 11 atom stereocenters. The molecule has 0 spiro atoms. The van der Waals surface area contributed by atoms with Gasteiger partial charge in [0.15, 0.2) is 0 Å². The molecule has 7 saturated carbocycles. The Balaban J connectivity index is 0.000000209. The molecule has 0 saturated heterocycles. The molecule has 532 valence electrons. The first-order valence-corrected chi connectivity index (χ1v) is 37.3. The van der Waals surface area contributed by atoms with E-state index >= 15 is 0 Å². The highest BCUT2D eigenvalue weighted by Gasteiger charge is 2.60. The molecule has 0 aromatic heterocycles. The molecule has 11 nitrogen and oxygen atoms in total. The third kappa shape index (κ3) is 24.5. The van der Waals surface area contributed by atoms with Crippen LogP contribution in [0.25, 0.3) is 0 Å². The van der Waals surface area contributed by atoms with E-state index in [9.17, 15) is 24.6 Å². The molecule has 8 aliphatic rings. The van der Waals surface area contributed by atoms with Crippen molar-refractivity contribution < 1.29 is 53.4 Å². The van der Waals surface area contributed by atoms with Crippen molar-refractivity contribution in [2.75, 3.05) is 6.61 Å². The van der Waals surface area contributed by atoms with Crippen molar-refractivity contribution >= 4 is 17.9 Å². The Kier molecular flexibility index (Phi) is 30.6. The largest absolute Gasteiger partial charge is 0.508 e. The SMILES string of the molecule is CC1Cc2cc(O)ccc2C1C.CCC(C)(C)C(=O)OC(CC(C)C)OC1CCCCC1.CCC(C)(C)C(=O)OC(OCC(C)(C)C)C1CC2CCC1C2.CCC(C)(C)C(=O)OC12CC3CC(CC(O)(C3)C1)C2.CCC(C)c1ccc(O)cc1.CCC(C)c1ccccc1. The average molecular weight is 1310 g/mol. The summed E-state index contributed by atoms with van der Waals surface area (Å²) in [5, 5.41) is 28.9. The van der Waals surface area contributed by atoms with Crippen LogP contribution in [0.15, 0.2) is 72.8 Å². The van der Waals surface area contributed by atoms with Crippen molar-refractivity contribution in [3.05, 3.63) is 95.1 Å². The van der Waals surface area contributed by atoms with E-state index in [1.807, 2.05) is 80.5 Å². The molecular weight excluding hydrogens is 1170 g/mol. The summed E-state index contributed by atoms with van der Waals surface area (Å²) in [5.41, 5.74) is 3.40. The van der Waals surface area contributed by atoms with Crippen molar-refractivity contribution in [1.29, 1.82) is 0 Å². The van der Waals surface area contributed by atoms with Gasteiger partial charge in [-0.25, -0.2) is 0 Å². The highest BCUT2D eigenvalue weighted by atomic mass is 16.7. The van der Waals surface area contributed by atoms with Gasteiger partial charge < -0.3 is 39.0 Å². The number of phenols is 2. The number of rotatable bonds is 20. The molecule has 11 unspecified atom stereocenters. The van der Waals surface area contributed by atoms with Crippen LogP contribution in [0, 0.1) is 63.1 Å². The summed E-state index contributed by atoms with van der Waals surface area (Å²) < 4.78 is 29.7. The molecule has 94 heavy (non-hydrogen) atoms. The number of hydrogen-bond acceptors (Lipinski definition) is 11. The molecule has 7 fully saturated rings. The minimum Gasteiger partial charge on any atom is -0.508 e. The molecule has 6 bridgehead atoms. The van der Waals surface area contributed by atoms with Crippen LogP contribution in [0.4, 0.5) is 0 Å². The molecule has 3 aromatic carbocycles. The standard InChI is InChI=1S/C19H34O3.C17H32O3.C16H26O3.C11H14O.C10H14O.C10H14/c1-7-19(5,6)17(20)22-16(21-12-18(2,3)4)15-11-13-8-9-14(15)10-13;1-6-17(4,5)16(18)20-15(12-13(2)3)19-14-10-8-7-9-11-14;1-4-14(2,3)13(17)19-16-8-11-5-12(9-16)7-15(18,6-11)10-16;1-7-5-9-6-10(12)3-4-11(9)8(7)2;1-3-8(2)9-4-6-10(11)7-5-9;1-3-9(2)10-7-5-4-6-8-10/h13-16H,7-12H2,1-6H3;13-15H,6-12H2,1-5H3;11-12,18H,4-10H2,1-3H3;3-4,6-8,12H,5H2,1-2H3;4-8,11H,3H2,1-2H3;4-9H,3H2,1-2H3. The van der Waals surface area contributed by atoms with E-state index in [1.165, 1.54) is 80.0 Å². The normalized spacial score (nSPS) is 26.3. The van der Waals surface area contributed by atoms with Gasteiger partial charge in [0.1, 0.15) is 17.1 Å². The first kappa shape index (κ1) is 80.2. The average Bonchev–Trinajstić information content (AvgIpc) is 0.959. The second kappa shape index (κ2) is 35.9. The van der Waals surface area contributed by atoms with Crippen LogP contribution in [0.5, 0.6) is 11.5 Å². The number of phenolic OH excluding ortho intramolecular Hbond substituents is 2. The molecule has 3 aromatic rings. The topological polar surface area (TPSA) is 158 Å². The zero-order valence-corrected chi connectivity index (χ0v) is 62.8. The Morgan fingerprint density at radius 1 is 0.596 bits per heavy atom. The lowest BCUT2D eigenvalue weighted by atomic mass is 9.52. The minimum absolute atomic E-state index is 0.0828. The van der Waals surface area contributed by atoms with Crippen molar-refractivity contribution in [1.82, 2.24) is 0 Å². The highest BCUT2D eigenvalue weighted by molar-refractivity contribution is 5.77. The van der Waals surface area contributed by atoms with E-state index < -0.39 is 21.8 Å². The van der Waals surface area contributed by atoms with E-state index in [2.05, 4.69) is 113 Å². The van der Waals surface area contributed by atoms with Gasteiger partial charge in [-0.2, -0.15) is 0 Å². The summed E-state index contributed by atoms with van der Waals surface area (Å²) in [4.78, 5) is 37.1. The smallest absolute Gasteiger partial charge is 0.313 e. The number of hydrogen-bond donors (Lipinski definition) is 3. The molecule has 0 amide bonds. The van der Waals surface area contributed by atoms with Gasteiger partial charge in [0.05, 0.1) is 34.6 Å². The summed E-state index contributed by atoms with van der Waals surface area (Å²) in [6.45, 7) is 42.5. The Hall–Kier alpha value is -4.45. The fourth-order valence-electron chi connectivity index (χ4n) is 14.8. The van der Waals surface area contributed by atoms with E-state index in [1.54, 1.807) is 18.2 Å². The number of aromatic hydroxyl groups is 2. The molecule has 11 rings (SSSR count). The summed E-state index contributed by atoms with van der Waals surface area (Å²) in [5.74, 6) is 6.58. The van der Waals surface area contributed by atoms with Crippen molar-refractivity contribution in [2.45, 2.75) is 327 Å². The van der Waals surface area contributed by atoms with Crippen LogP contribution in [-0.4, -0.2) is 69.7 Å². The van der Waals surface area contributed by atoms with Crippen LogP contribution < -0.4 is 0 Å². The predicted octanol–water partition coefficient (Wildman–Crippen LogP) is 21.3. The van der Waals surface area contributed by atoms with E-state index in [4.69, 9.17) is 28.8 Å². The maximum atomic E-state index is 12.5. The summed E-state index contributed by atoms with van der Waals surface area (Å²) >= 11 is 0. The Bertz CT molecular complexity index is 2720. The van der Waals surface area contributed by atoms with Crippen molar-refractivity contribution in [2.24, 2.45) is 63.1 Å². The summed E-state index contributed by atoms with van der Waals surface area (Å²) in [6, 6.07) is 23.8. The predicted molar refractivity (Wildman–Crippen MR) is 384 cm³/mol. The van der Waals surface area contributed by atoms with Gasteiger partial charge in [-0.3, -0.25) is 14.4 Å². The lowest BCUT2D eigenvalue weighted by Crippen LogP contribution is -2.61. The van der Waals surface area contributed by atoms with Gasteiger partial charge in [0, 0.05) is 18.8 Å². The first-order valence-electron chi connectivity index (χ1n) is 37.3. The number of aliphatic hydroxyl groups is 1. The first-order chi connectivity index (χ1) is 44.0. The van der Waals surface area contributed by atoms with Gasteiger partial charge in [0.2, 0.25) is 12.6 Å². The van der Waals surface area contributed by atoms with Crippen LogP contribution in [0.2, 0.25) is 0 Å². The fraction of sp³-hybridized carbons (Fsp3) is 0.747. The number of ether oxygens (including phenoxy) is 5. The van der Waals surface area contributed by atoms with E-state index in [-0.39, 0.29) is 47.6 Å². The molecule has 0 radical (unpaired) electrons. The van der Waals surface area contributed by atoms with Crippen LogP contribution in [-0.2, 0) is 44.5 Å². The van der Waals surface area contributed by atoms with Gasteiger partial charge in [-0.05, 0) is 249 Å². The molecule has 0 heterocycles. The molecule has 8 aliphatic carbocycles. The number of benzene rings is 3. The van der Waals surface area contributed by atoms with Gasteiger partial charge in [-0.1, -0.05) is 171 Å². The van der Waals surface area contributed by atoms with E-state index in [0.717, 1.165) is 88.9 Å². The van der Waals surface area contributed by atoms with Crippen molar-refractivity contribution in [3.8, 4) is 11.5 Å². The van der Waals surface area contributed by atoms with Gasteiger partial charge in [-0.15, -0.1) is 0 Å². The number of esters is 3. The number of carbonyl (C=O) groups is 3. The Labute approximate surface area is 572 Å². The van der Waals surface area contributed by atoms with Gasteiger partial charge in [0.25, 0.3) is 0 Å². The van der Waals surface area contributed by atoms with Crippen LogP contribution >= 0.6 is 0 Å². The third-order valence-corrected chi connectivity index (χ3v) is 22.5. The van der Waals surface area contributed by atoms with Crippen LogP contribution in [0.3, 0.4) is 0 Å². The second-order valence-corrected chi connectivity index (χ2v) is 33.8. The highest BCUT2D eigenvalue weighted by Crippen LogP contribution is 2.59. The van der Waals surface area contributed by atoms with E-state index in [0.29, 0.717) is 71.9 Å². The summed E-state index contributed by atoms with van der Waals surface area (Å²) in [6.07, 6.45) is 22.9. The molecule has 0 aliphatic heterocycles. The minimum atomic E-state index is -0.555.